The third-order valence-corrected chi connectivity index (χ3v) is 4.61. The van der Waals surface area contributed by atoms with Crippen molar-refractivity contribution in [1.29, 1.82) is 10.8 Å². The highest BCUT2D eigenvalue weighted by molar-refractivity contribution is 6.14. The van der Waals surface area contributed by atoms with Crippen LogP contribution < -0.4 is 5.32 Å². The highest BCUT2D eigenvalue weighted by atomic mass is 16.6. The molecule has 0 aromatic rings. The summed E-state index contributed by atoms with van der Waals surface area (Å²) in [6, 6.07) is 0. The van der Waals surface area contributed by atoms with Crippen LogP contribution in [0.1, 0.15) is 46.5 Å². The van der Waals surface area contributed by atoms with E-state index in [1.54, 1.807) is 0 Å². The molecule has 3 N–H and O–H groups in total. The molecule has 0 aliphatic carbocycles. The van der Waals surface area contributed by atoms with E-state index in [1.165, 1.54) is 12.2 Å². The molecule has 8 heteroatoms. The first kappa shape index (κ1) is 20.8. The Morgan fingerprint density at radius 1 is 1.15 bits per heavy atom. The number of carbonyl (C=O) groups excluding carboxylic acids is 3. The zero-order valence-corrected chi connectivity index (χ0v) is 16.1. The number of carbonyl (C=O) groups is 3. The predicted molar refractivity (Wildman–Crippen MR) is 101 cm³/mol. The minimum atomic E-state index is -0.648. The smallest absolute Gasteiger partial charge is 0.309 e. The second kappa shape index (κ2) is 8.45. The molecule has 27 heavy (non-hydrogen) atoms. The van der Waals surface area contributed by atoms with Crippen LogP contribution in [0.2, 0.25) is 0 Å². The molecule has 0 saturated carbocycles. The lowest BCUT2D eigenvalue weighted by Crippen LogP contribution is -2.43. The second-order valence-corrected chi connectivity index (χ2v) is 7.97. The molecule has 2 fully saturated rings. The van der Waals surface area contributed by atoms with Gasteiger partial charge in [-0.1, -0.05) is 0 Å². The number of rotatable bonds is 4. The van der Waals surface area contributed by atoms with Gasteiger partial charge in [-0.2, -0.15) is 0 Å². The number of likely N-dealkylation sites (tertiary alicyclic amines) is 1. The van der Waals surface area contributed by atoms with Crippen LogP contribution >= 0.6 is 0 Å². The fraction of sp³-hybridized carbons (Fsp3) is 0.632. The van der Waals surface area contributed by atoms with Gasteiger partial charge in [-0.05, 0) is 52.2 Å². The van der Waals surface area contributed by atoms with Crippen LogP contribution in [0.25, 0.3) is 0 Å². The van der Waals surface area contributed by atoms with E-state index in [9.17, 15) is 14.4 Å². The van der Waals surface area contributed by atoms with Gasteiger partial charge in [0, 0.05) is 25.2 Å². The van der Waals surface area contributed by atoms with E-state index >= 15 is 0 Å². The summed E-state index contributed by atoms with van der Waals surface area (Å²) in [5.41, 5.74) is -0.409. The molecule has 1 atom stereocenters. The van der Waals surface area contributed by atoms with Crippen LogP contribution in [0.4, 0.5) is 0 Å². The summed E-state index contributed by atoms with van der Waals surface area (Å²) in [4.78, 5) is 36.9. The van der Waals surface area contributed by atoms with Crippen LogP contribution in [0, 0.1) is 22.7 Å². The minimum absolute atomic E-state index is 0.0911. The average molecular weight is 376 g/mol. The Morgan fingerprint density at radius 2 is 1.78 bits per heavy atom. The average Bonchev–Trinajstić information content (AvgIpc) is 2.58. The summed E-state index contributed by atoms with van der Waals surface area (Å²) in [5, 5.41) is 18.4. The van der Waals surface area contributed by atoms with Crippen molar-refractivity contribution >= 4 is 29.3 Å². The normalized spacial score (nSPS) is 21.9. The highest BCUT2D eigenvalue weighted by Gasteiger charge is 2.30. The summed E-state index contributed by atoms with van der Waals surface area (Å²) in [6.45, 7) is 6.67. The number of nitrogens with zero attached hydrogens (tertiary/aromatic N) is 1. The van der Waals surface area contributed by atoms with Crippen molar-refractivity contribution in [2.75, 3.05) is 13.1 Å². The molecule has 0 radical (unpaired) electrons. The Balaban J connectivity index is 1.82. The van der Waals surface area contributed by atoms with Gasteiger partial charge >= 0.3 is 5.97 Å². The molecule has 0 spiro atoms. The molecule has 0 aromatic heterocycles. The van der Waals surface area contributed by atoms with Crippen molar-refractivity contribution in [3.05, 3.63) is 12.2 Å². The topological polar surface area (TPSA) is 123 Å². The van der Waals surface area contributed by atoms with Crippen molar-refractivity contribution in [3.8, 4) is 0 Å². The fourth-order valence-corrected chi connectivity index (χ4v) is 3.12. The molecule has 148 valence electrons. The molecule has 8 nitrogen and oxygen atoms in total. The minimum Gasteiger partial charge on any atom is -0.460 e. The van der Waals surface area contributed by atoms with E-state index in [2.05, 4.69) is 5.32 Å². The standard InChI is InChI=1S/C19H28N4O4/c1-19(2,3)27-18(26)12-8-10-23(11-9-12)15(21)6-5-14(20)13-4-7-16(24)22-17(13)25/h5-6,12-13,20-21H,4,7-11H2,1-3H3,(H,22,24,25)/b6-5-,20-14?,21-15?. The first-order valence-corrected chi connectivity index (χ1v) is 9.23. The number of amides is 2. The molecule has 2 heterocycles. The van der Waals surface area contributed by atoms with Gasteiger partial charge in [-0.25, -0.2) is 0 Å². The molecular formula is C19H28N4O4. The maximum Gasteiger partial charge on any atom is 0.309 e. The summed E-state index contributed by atoms with van der Waals surface area (Å²) >= 11 is 0. The van der Waals surface area contributed by atoms with Crippen molar-refractivity contribution in [1.82, 2.24) is 10.2 Å². The summed E-state index contributed by atoms with van der Waals surface area (Å²) in [5.74, 6) is -1.51. The van der Waals surface area contributed by atoms with Crippen molar-refractivity contribution < 1.29 is 19.1 Å². The van der Waals surface area contributed by atoms with Gasteiger partial charge in [0.1, 0.15) is 11.4 Å². The monoisotopic (exact) mass is 376 g/mol. The number of allylic oxidation sites excluding steroid dienone is 1. The van der Waals surface area contributed by atoms with Gasteiger partial charge in [0.2, 0.25) is 11.8 Å². The number of esters is 1. The molecular weight excluding hydrogens is 348 g/mol. The Labute approximate surface area is 159 Å². The molecule has 2 aliphatic rings. The molecule has 2 aliphatic heterocycles. The number of imide groups is 1. The first-order chi connectivity index (χ1) is 12.6. The quantitative estimate of drug-likeness (QED) is 0.298. The number of ether oxygens (including phenoxy) is 1. The van der Waals surface area contributed by atoms with E-state index in [1.807, 2.05) is 25.7 Å². The Kier molecular flexibility index (Phi) is 6.51. The van der Waals surface area contributed by atoms with Gasteiger partial charge in [-0.3, -0.25) is 25.1 Å². The fourth-order valence-electron chi connectivity index (χ4n) is 3.12. The molecule has 2 saturated heterocycles. The molecule has 2 rings (SSSR count). The van der Waals surface area contributed by atoms with E-state index in [0.29, 0.717) is 32.4 Å². The van der Waals surface area contributed by atoms with E-state index in [0.717, 1.165) is 0 Å². The van der Waals surface area contributed by atoms with Crippen LogP contribution in [0.15, 0.2) is 12.2 Å². The predicted octanol–water partition coefficient (Wildman–Crippen LogP) is 1.65. The van der Waals surface area contributed by atoms with Crippen molar-refractivity contribution in [2.45, 2.75) is 52.1 Å². The Hall–Kier alpha value is -2.51. The van der Waals surface area contributed by atoms with E-state index in [-0.39, 0.29) is 35.8 Å². The van der Waals surface area contributed by atoms with Gasteiger partial charge in [0.05, 0.1) is 11.8 Å². The second-order valence-electron chi connectivity index (χ2n) is 7.97. The zero-order valence-electron chi connectivity index (χ0n) is 16.1. The van der Waals surface area contributed by atoms with E-state index in [4.69, 9.17) is 15.6 Å². The summed E-state index contributed by atoms with van der Waals surface area (Å²) < 4.78 is 5.42. The van der Waals surface area contributed by atoms with Crippen LogP contribution in [-0.2, 0) is 19.1 Å². The maximum atomic E-state index is 12.1. The molecule has 0 aromatic carbocycles. The van der Waals surface area contributed by atoms with Gasteiger partial charge in [0.25, 0.3) is 0 Å². The summed E-state index contributed by atoms with van der Waals surface area (Å²) in [6.07, 6.45) is 4.73. The lowest BCUT2D eigenvalue weighted by Gasteiger charge is -2.33. The molecule has 0 bridgehead atoms. The van der Waals surface area contributed by atoms with Gasteiger partial charge < -0.3 is 15.0 Å². The number of hydrogen-bond acceptors (Lipinski definition) is 6. The maximum absolute atomic E-state index is 12.1. The number of nitrogens with one attached hydrogen (secondary N) is 3. The Morgan fingerprint density at radius 3 is 2.33 bits per heavy atom. The van der Waals surface area contributed by atoms with Crippen LogP contribution in [0.3, 0.4) is 0 Å². The number of amidine groups is 1. The summed E-state index contributed by atoms with van der Waals surface area (Å²) in [7, 11) is 0. The third kappa shape index (κ3) is 6.01. The van der Waals surface area contributed by atoms with Crippen LogP contribution in [-0.4, -0.2) is 52.9 Å². The zero-order chi connectivity index (χ0) is 20.2. The molecule has 1 unspecified atom stereocenters. The number of hydrogen-bond donors (Lipinski definition) is 3. The number of piperidine rings is 2. The lowest BCUT2D eigenvalue weighted by molar-refractivity contribution is -0.161. The third-order valence-electron chi connectivity index (χ3n) is 4.61. The molecule has 2 amide bonds. The van der Waals surface area contributed by atoms with Gasteiger partial charge in [-0.15, -0.1) is 0 Å². The van der Waals surface area contributed by atoms with Crippen molar-refractivity contribution in [3.63, 3.8) is 0 Å². The van der Waals surface area contributed by atoms with Crippen LogP contribution in [0.5, 0.6) is 0 Å². The first-order valence-electron chi connectivity index (χ1n) is 9.23. The largest absolute Gasteiger partial charge is 0.460 e. The van der Waals surface area contributed by atoms with E-state index < -0.39 is 17.4 Å². The lowest BCUT2D eigenvalue weighted by atomic mass is 9.93. The van der Waals surface area contributed by atoms with Crippen molar-refractivity contribution in [2.24, 2.45) is 11.8 Å². The SMILES string of the molecule is CC(C)(C)OC(=O)C1CCN(C(=N)/C=C\C(=N)C2CCC(=O)NC2=O)CC1. The highest BCUT2D eigenvalue weighted by Crippen LogP contribution is 2.22. The van der Waals surface area contributed by atoms with Gasteiger partial charge in [0.15, 0.2) is 0 Å². The Bertz CT molecular complexity index is 670.